The highest BCUT2D eigenvalue weighted by molar-refractivity contribution is 8.03. The van der Waals surface area contributed by atoms with Gasteiger partial charge in [0.15, 0.2) is 24.3 Å². The van der Waals surface area contributed by atoms with Crippen molar-refractivity contribution < 1.29 is 28.6 Å². The minimum absolute atomic E-state index is 0.113. The van der Waals surface area contributed by atoms with Gasteiger partial charge in [0.25, 0.3) is 0 Å². The Kier molecular flexibility index (Phi) is 7.32. The second kappa shape index (κ2) is 11.2. The molecule has 206 valence electrons. The zero-order chi connectivity index (χ0) is 27.6. The van der Waals surface area contributed by atoms with Crippen LogP contribution in [0.5, 0.6) is 0 Å². The zero-order valence-corrected chi connectivity index (χ0v) is 22.2. The molecular formula is C27H26N6O6S. The summed E-state index contributed by atoms with van der Waals surface area (Å²) in [6, 6.07) is 16.9. The molecule has 13 heteroatoms. The summed E-state index contributed by atoms with van der Waals surface area (Å²) in [7, 11) is 0. The number of thioether (sulfide) groups is 1. The summed E-state index contributed by atoms with van der Waals surface area (Å²) in [6.07, 6.45) is -1.78. The number of aromatic amines is 1. The van der Waals surface area contributed by atoms with Gasteiger partial charge in [-0.15, -0.1) is 16.9 Å². The molecule has 0 bridgehead atoms. The van der Waals surface area contributed by atoms with Gasteiger partial charge in [-0.2, -0.15) is 0 Å². The number of tetrazole rings is 1. The van der Waals surface area contributed by atoms with Gasteiger partial charge in [0.1, 0.15) is 11.4 Å². The minimum Gasteiger partial charge on any atom is -0.451 e. The molecule has 40 heavy (non-hydrogen) atoms. The highest BCUT2D eigenvalue weighted by atomic mass is 32.2. The van der Waals surface area contributed by atoms with E-state index in [1.54, 1.807) is 5.41 Å². The van der Waals surface area contributed by atoms with E-state index in [2.05, 4.69) is 25.9 Å². The number of hydrogen-bond donors (Lipinski definition) is 2. The van der Waals surface area contributed by atoms with Crippen molar-refractivity contribution in [2.45, 2.75) is 49.3 Å². The van der Waals surface area contributed by atoms with Crippen LogP contribution in [0.15, 0.2) is 71.6 Å². The Morgan fingerprint density at radius 2 is 1.85 bits per heavy atom. The van der Waals surface area contributed by atoms with Crippen LogP contribution in [-0.2, 0) is 35.0 Å². The average Bonchev–Trinajstić information content (AvgIpc) is 3.66. The topological polar surface area (TPSA) is 149 Å². The quantitative estimate of drug-likeness (QED) is 0.306. The molecule has 1 aromatic heterocycles. The summed E-state index contributed by atoms with van der Waals surface area (Å²) >= 11 is 1.32. The van der Waals surface area contributed by atoms with Crippen molar-refractivity contribution in [2.24, 2.45) is 0 Å². The number of hydrogen-bond acceptors (Lipinski definition) is 10. The van der Waals surface area contributed by atoms with Gasteiger partial charge in [0, 0.05) is 5.57 Å². The molecule has 4 heterocycles. The van der Waals surface area contributed by atoms with Crippen LogP contribution in [0.4, 0.5) is 0 Å². The SMILES string of the molecule is CC1COC(C2=CS[C@H]3C(NC(=O)Cc4nnn[nH]4)C(=O)N3C2C(=O)OC(c2ccccc2)c2ccccc2)O1. The van der Waals surface area contributed by atoms with Crippen molar-refractivity contribution in [3.63, 3.8) is 0 Å². The first-order valence-electron chi connectivity index (χ1n) is 12.8. The van der Waals surface area contributed by atoms with Crippen molar-refractivity contribution in [3.8, 4) is 0 Å². The Hall–Kier alpha value is -4.07. The van der Waals surface area contributed by atoms with E-state index in [0.717, 1.165) is 11.1 Å². The molecule has 0 spiro atoms. The maximum Gasteiger partial charge on any atom is 0.334 e. The van der Waals surface area contributed by atoms with Gasteiger partial charge in [-0.3, -0.25) is 9.59 Å². The van der Waals surface area contributed by atoms with Gasteiger partial charge >= 0.3 is 5.97 Å². The molecule has 0 radical (unpaired) electrons. The van der Waals surface area contributed by atoms with Gasteiger partial charge < -0.3 is 24.4 Å². The lowest BCUT2D eigenvalue weighted by Crippen LogP contribution is -2.74. The Bertz CT molecular complexity index is 1370. The van der Waals surface area contributed by atoms with Gasteiger partial charge in [0.2, 0.25) is 11.8 Å². The monoisotopic (exact) mass is 562 g/mol. The molecule has 5 atom stereocenters. The molecule has 2 saturated heterocycles. The van der Waals surface area contributed by atoms with E-state index in [1.165, 1.54) is 16.7 Å². The lowest BCUT2D eigenvalue weighted by molar-refractivity contribution is -0.167. The van der Waals surface area contributed by atoms with Crippen molar-refractivity contribution >= 4 is 29.5 Å². The number of nitrogens with one attached hydrogen (secondary N) is 2. The van der Waals surface area contributed by atoms with Crippen molar-refractivity contribution in [1.29, 1.82) is 0 Å². The van der Waals surface area contributed by atoms with Crippen LogP contribution in [0.25, 0.3) is 0 Å². The predicted molar refractivity (Wildman–Crippen MR) is 141 cm³/mol. The molecule has 2 aromatic carbocycles. The number of esters is 1. The molecule has 0 aliphatic carbocycles. The molecule has 3 aliphatic rings. The van der Waals surface area contributed by atoms with E-state index in [-0.39, 0.29) is 18.3 Å². The molecule has 2 fully saturated rings. The van der Waals surface area contributed by atoms with Gasteiger partial charge in [-0.1, -0.05) is 60.7 Å². The number of H-pyrrole nitrogens is 1. The third-order valence-electron chi connectivity index (χ3n) is 6.82. The van der Waals surface area contributed by atoms with Crippen LogP contribution >= 0.6 is 11.8 Å². The summed E-state index contributed by atoms with van der Waals surface area (Å²) in [5, 5.41) is 17.1. The van der Waals surface area contributed by atoms with Crippen molar-refractivity contribution in [2.75, 3.05) is 6.61 Å². The van der Waals surface area contributed by atoms with Crippen LogP contribution in [0.1, 0.15) is 30.0 Å². The van der Waals surface area contributed by atoms with E-state index < -0.39 is 47.6 Å². The fourth-order valence-electron chi connectivity index (χ4n) is 4.93. The molecule has 2 N–H and O–H groups in total. The van der Waals surface area contributed by atoms with E-state index in [9.17, 15) is 14.4 Å². The van der Waals surface area contributed by atoms with Crippen LogP contribution in [0.2, 0.25) is 0 Å². The summed E-state index contributed by atoms with van der Waals surface area (Å²) in [6.45, 7) is 2.23. The second-order valence-electron chi connectivity index (χ2n) is 9.61. The molecule has 12 nitrogen and oxygen atoms in total. The lowest BCUT2D eigenvalue weighted by atomic mass is 9.96. The van der Waals surface area contributed by atoms with Crippen LogP contribution in [-0.4, -0.2) is 79.8 Å². The highest BCUT2D eigenvalue weighted by Gasteiger charge is 2.58. The van der Waals surface area contributed by atoms with E-state index in [4.69, 9.17) is 14.2 Å². The third kappa shape index (κ3) is 5.10. The fourth-order valence-corrected chi connectivity index (χ4v) is 6.16. The minimum atomic E-state index is -1.09. The lowest BCUT2D eigenvalue weighted by Gasteiger charge is -2.52. The first kappa shape index (κ1) is 26.2. The predicted octanol–water partition coefficient (Wildman–Crippen LogP) is 1.49. The number of carbonyl (C=O) groups is 3. The Morgan fingerprint density at radius 1 is 1.15 bits per heavy atom. The van der Waals surface area contributed by atoms with Gasteiger partial charge in [-0.25, -0.2) is 9.89 Å². The number of nitrogens with zero attached hydrogens (tertiary/aromatic N) is 4. The normalized spacial score (nSPS) is 25.6. The number of rotatable bonds is 8. The number of carbonyl (C=O) groups excluding carboxylic acids is 3. The largest absolute Gasteiger partial charge is 0.451 e. The summed E-state index contributed by atoms with van der Waals surface area (Å²) in [5.41, 5.74) is 2.07. The smallest absolute Gasteiger partial charge is 0.334 e. The fraction of sp³-hybridized carbons (Fsp3) is 0.333. The number of β-lactam (4-membered cyclic amide) rings is 1. The summed E-state index contributed by atoms with van der Waals surface area (Å²) in [5.74, 6) is -1.17. The van der Waals surface area contributed by atoms with Crippen molar-refractivity contribution in [1.82, 2.24) is 30.8 Å². The highest BCUT2D eigenvalue weighted by Crippen LogP contribution is 2.43. The molecule has 6 rings (SSSR count). The number of fused-ring (bicyclic) bond motifs is 1. The number of benzene rings is 2. The molecule has 0 saturated carbocycles. The Labute approximate surface area is 233 Å². The van der Waals surface area contributed by atoms with Crippen LogP contribution in [0.3, 0.4) is 0 Å². The first-order valence-corrected chi connectivity index (χ1v) is 13.7. The zero-order valence-electron chi connectivity index (χ0n) is 21.4. The summed E-state index contributed by atoms with van der Waals surface area (Å²) < 4.78 is 17.9. The number of ether oxygens (including phenoxy) is 3. The Balaban J connectivity index is 1.26. The maximum absolute atomic E-state index is 14.0. The third-order valence-corrected chi connectivity index (χ3v) is 8.01. The number of amides is 2. The van der Waals surface area contributed by atoms with Crippen LogP contribution < -0.4 is 5.32 Å². The molecular weight excluding hydrogens is 536 g/mol. The van der Waals surface area contributed by atoms with Crippen LogP contribution in [0, 0.1) is 0 Å². The van der Waals surface area contributed by atoms with E-state index in [1.807, 2.05) is 67.6 Å². The number of aromatic nitrogens is 4. The first-order chi connectivity index (χ1) is 19.5. The van der Waals surface area contributed by atoms with Gasteiger partial charge in [0.05, 0.1) is 19.1 Å². The molecule has 3 aromatic rings. The van der Waals surface area contributed by atoms with E-state index in [0.29, 0.717) is 12.2 Å². The molecule has 3 aliphatic heterocycles. The molecule has 4 unspecified atom stereocenters. The van der Waals surface area contributed by atoms with E-state index >= 15 is 0 Å². The maximum atomic E-state index is 14.0. The summed E-state index contributed by atoms with van der Waals surface area (Å²) in [4.78, 5) is 41.4. The standard InChI is InChI=1S/C27H26N6O6S/c1-15-13-37-27(38-15)18-14-40-25-21(28-20(34)12-19-29-31-32-30-19)24(35)33(25)22(18)26(36)39-23(16-8-4-2-5-9-16)17-10-6-3-7-11-17/h2-11,14-15,21-23,25,27H,12-13H2,1H3,(H,28,34)(H,29,30,31,32)/t15?,21?,22?,25-,27?/m0/s1. The van der Waals surface area contributed by atoms with Crippen molar-refractivity contribution in [3.05, 3.63) is 88.6 Å². The Morgan fingerprint density at radius 3 is 2.45 bits per heavy atom. The van der Waals surface area contributed by atoms with Gasteiger partial charge in [-0.05, 0) is 33.9 Å². The average molecular weight is 563 g/mol. The molecule has 2 amide bonds. The second-order valence-corrected chi connectivity index (χ2v) is 10.6.